The lowest BCUT2D eigenvalue weighted by molar-refractivity contribution is 0.211. The van der Waals surface area contributed by atoms with E-state index in [2.05, 4.69) is 4.90 Å². The van der Waals surface area contributed by atoms with Gasteiger partial charge in [0, 0.05) is 19.1 Å². The van der Waals surface area contributed by atoms with Gasteiger partial charge < -0.3 is 15.4 Å². The van der Waals surface area contributed by atoms with Crippen molar-refractivity contribution < 1.29 is 4.74 Å². The molecule has 1 aromatic rings. The number of nitrogens with two attached hydrogens (primary N) is 1. The van der Waals surface area contributed by atoms with Crippen LogP contribution >= 0.6 is 23.2 Å². The topological polar surface area (TPSA) is 38.5 Å². The Kier molecular flexibility index (Phi) is 5.50. The first-order chi connectivity index (χ1) is 10.6. The number of rotatable bonds is 6. The van der Waals surface area contributed by atoms with Crippen LogP contribution in [-0.2, 0) is 6.42 Å². The molecule has 0 bridgehead atoms. The molecule has 0 radical (unpaired) electrons. The van der Waals surface area contributed by atoms with Crippen LogP contribution in [0, 0.1) is 5.92 Å². The molecule has 1 aromatic carbocycles. The molecular formula is C17H24Cl2N2O. The van der Waals surface area contributed by atoms with Crippen molar-refractivity contribution in [3.05, 3.63) is 27.7 Å². The highest BCUT2D eigenvalue weighted by molar-refractivity contribution is 6.37. The number of likely N-dealkylation sites (tertiary alicyclic amines) is 1. The molecule has 0 amide bonds. The van der Waals surface area contributed by atoms with Crippen LogP contribution in [0.2, 0.25) is 10.0 Å². The monoisotopic (exact) mass is 342 g/mol. The van der Waals surface area contributed by atoms with Crippen LogP contribution < -0.4 is 10.5 Å². The third-order valence-electron chi connectivity index (χ3n) is 4.48. The molecule has 1 aliphatic carbocycles. The zero-order chi connectivity index (χ0) is 15.5. The van der Waals surface area contributed by atoms with E-state index < -0.39 is 0 Å². The molecule has 2 aliphatic rings. The Morgan fingerprint density at radius 2 is 1.91 bits per heavy atom. The summed E-state index contributed by atoms with van der Waals surface area (Å²) in [5.41, 5.74) is 7.18. The molecule has 0 spiro atoms. The zero-order valence-corrected chi connectivity index (χ0v) is 14.4. The lowest BCUT2D eigenvalue weighted by Crippen LogP contribution is -2.43. The molecule has 1 saturated carbocycles. The molecule has 22 heavy (non-hydrogen) atoms. The quantitative estimate of drug-likeness (QED) is 0.855. The van der Waals surface area contributed by atoms with E-state index in [-0.39, 0.29) is 0 Å². The molecule has 5 heteroatoms. The predicted molar refractivity (Wildman–Crippen MR) is 92.0 cm³/mol. The van der Waals surface area contributed by atoms with Crippen LogP contribution in [0.15, 0.2) is 12.1 Å². The van der Waals surface area contributed by atoms with E-state index in [9.17, 15) is 0 Å². The van der Waals surface area contributed by atoms with Gasteiger partial charge in [0.15, 0.2) is 5.75 Å². The Hall–Kier alpha value is -0.480. The van der Waals surface area contributed by atoms with E-state index in [1.54, 1.807) is 0 Å². The molecule has 3 nitrogen and oxygen atoms in total. The number of hydrogen-bond acceptors (Lipinski definition) is 3. The molecular weight excluding hydrogens is 319 g/mol. The molecule has 1 atom stereocenters. The van der Waals surface area contributed by atoms with Crippen molar-refractivity contribution in [1.82, 2.24) is 4.90 Å². The van der Waals surface area contributed by atoms with E-state index in [4.69, 9.17) is 33.7 Å². The maximum Gasteiger partial charge on any atom is 0.156 e. The average molecular weight is 343 g/mol. The van der Waals surface area contributed by atoms with E-state index in [0.717, 1.165) is 44.6 Å². The number of piperidine rings is 1. The maximum absolute atomic E-state index is 6.34. The molecule has 2 fully saturated rings. The first-order valence-electron chi connectivity index (χ1n) is 8.20. The maximum atomic E-state index is 6.34. The van der Waals surface area contributed by atoms with Crippen LogP contribution in [0.5, 0.6) is 5.75 Å². The zero-order valence-electron chi connectivity index (χ0n) is 12.9. The Labute approximate surface area is 142 Å². The fourth-order valence-corrected chi connectivity index (χ4v) is 3.60. The minimum atomic E-state index is 0.319. The number of benzene rings is 1. The van der Waals surface area contributed by atoms with Gasteiger partial charge in [-0.15, -0.1) is 0 Å². The van der Waals surface area contributed by atoms with Crippen LogP contribution in [0.3, 0.4) is 0 Å². The molecule has 1 aliphatic heterocycles. The molecule has 1 saturated heterocycles. The number of nitrogens with zero attached hydrogens (tertiary/aromatic N) is 1. The summed E-state index contributed by atoms with van der Waals surface area (Å²) in [5, 5.41) is 1.25. The van der Waals surface area contributed by atoms with Crippen molar-refractivity contribution in [1.29, 1.82) is 0 Å². The highest BCUT2D eigenvalue weighted by Crippen LogP contribution is 2.37. The Bertz CT molecular complexity index is 496. The van der Waals surface area contributed by atoms with Crippen molar-refractivity contribution in [3.8, 4) is 5.75 Å². The van der Waals surface area contributed by atoms with Gasteiger partial charge in [-0.25, -0.2) is 0 Å². The van der Waals surface area contributed by atoms with Crippen LogP contribution in [0.25, 0.3) is 0 Å². The number of hydrogen-bond donors (Lipinski definition) is 1. The van der Waals surface area contributed by atoms with E-state index in [1.807, 2.05) is 12.1 Å². The third-order valence-corrected chi connectivity index (χ3v) is 5.04. The van der Waals surface area contributed by atoms with E-state index >= 15 is 0 Å². The second-order valence-electron chi connectivity index (χ2n) is 6.60. The van der Waals surface area contributed by atoms with Gasteiger partial charge in [0.2, 0.25) is 0 Å². The summed E-state index contributed by atoms with van der Waals surface area (Å²) in [4.78, 5) is 2.42. The SMILES string of the molecule is N[C@H]1CCCN(CCc2cc(Cl)c(OCC3CC3)c(Cl)c2)C1. The minimum absolute atomic E-state index is 0.319. The summed E-state index contributed by atoms with van der Waals surface area (Å²) >= 11 is 12.7. The Balaban J connectivity index is 1.56. The number of halogens is 2. The van der Waals surface area contributed by atoms with Crippen molar-refractivity contribution >= 4 is 23.2 Å². The summed E-state index contributed by atoms with van der Waals surface area (Å²) in [7, 11) is 0. The molecule has 2 N–H and O–H groups in total. The van der Waals surface area contributed by atoms with Crippen molar-refractivity contribution in [2.45, 2.75) is 38.1 Å². The molecule has 1 heterocycles. The Morgan fingerprint density at radius 1 is 1.18 bits per heavy atom. The predicted octanol–water partition coefficient (Wildman–Crippen LogP) is 3.75. The van der Waals surface area contributed by atoms with Gasteiger partial charge in [-0.05, 0) is 62.3 Å². The lowest BCUT2D eigenvalue weighted by atomic mass is 10.1. The second kappa shape index (κ2) is 7.39. The highest BCUT2D eigenvalue weighted by atomic mass is 35.5. The van der Waals surface area contributed by atoms with Gasteiger partial charge in [-0.2, -0.15) is 0 Å². The highest BCUT2D eigenvalue weighted by Gasteiger charge is 2.23. The largest absolute Gasteiger partial charge is 0.490 e. The molecule has 3 rings (SSSR count). The first-order valence-corrected chi connectivity index (χ1v) is 8.96. The summed E-state index contributed by atoms with van der Waals surface area (Å²) in [5.74, 6) is 1.33. The fraction of sp³-hybridized carbons (Fsp3) is 0.647. The van der Waals surface area contributed by atoms with E-state index in [1.165, 1.54) is 19.3 Å². The first kappa shape index (κ1) is 16.4. The van der Waals surface area contributed by atoms with Crippen molar-refractivity contribution in [3.63, 3.8) is 0 Å². The van der Waals surface area contributed by atoms with Gasteiger partial charge in [0.05, 0.1) is 16.7 Å². The molecule has 122 valence electrons. The molecule has 0 unspecified atom stereocenters. The standard InChI is InChI=1S/C17H24Cl2N2O/c18-15-8-13(5-7-21-6-1-2-14(20)10-21)9-16(19)17(15)22-11-12-3-4-12/h8-9,12,14H,1-7,10-11,20H2/t14-/m0/s1. The normalized spacial score (nSPS) is 22.8. The molecule has 0 aromatic heterocycles. The van der Waals surface area contributed by atoms with Crippen LogP contribution in [-0.4, -0.2) is 37.2 Å². The third kappa shape index (κ3) is 4.51. The lowest BCUT2D eigenvalue weighted by Gasteiger charge is -2.30. The minimum Gasteiger partial charge on any atom is -0.490 e. The van der Waals surface area contributed by atoms with Gasteiger partial charge in [-0.3, -0.25) is 0 Å². The van der Waals surface area contributed by atoms with Gasteiger partial charge >= 0.3 is 0 Å². The van der Waals surface area contributed by atoms with Gasteiger partial charge in [0.25, 0.3) is 0 Å². The van der Waals surface area contributed by atoms with Gasteiger partial charge in [-0.1, -0.05) is 23.2 Å². The van der Waals surface area contributed by atoms with E-state index in [0.29, 0.717) is 27.8 Å². The summed E-state index contributed by atoms with van der Waals surface area (Å²) in [6.07, 6.45) is 5.78. The average Bonchev–Trinajstić information content (AvgIpc) is 3.28. The van der Waals surface area contributed by atoms with Crippen molar-refractivity contribution in [2.24, 2.45) is 11.7 Å². The van der Waals surface area contributed by atoms with Crippen molar-refractivity contribution in [2.75, 3.05) is 26.2 Å². The second-order valence-corrected chi connectivity index (χ2v) is 7.41. The summed E-state index contributed by atoms with van der Waals surface area (Å²) in [6, 6.07) is 4.29. The summed E-state index contributed by atoms with van der Waals surface area (Å²) < 4.78 is 5.76. The number of ether oxygens (including phenoxy) is 1. The Morgan fingerprint density at radius 3 is 2.55 bits per heavy atom. The van der Waals surface area contributed by atoms with Crippen LogP contribution in [0.1, 0.15) is 31.2 Å². The van der Waals surface area contributed by atoms with Crippen LogP contribution in [0.4, 0.5) is 0 Å². The summed E-state index contributed by atoms with van der Waals surface area (Å²) in [6.45, 7) is 3.86. The fourth-order valence-electron chi connectivity index (χ4n) is 2.96. The van der Waals surface area contributed by atoms with Gasteiger partial charge in [0.1, 0.15) is 0 Å². The smallest absolute Gasteiger partial charge is 0.156 e.